The lowest BCUT2D eigenvalue weighted by molar-refractivity contribution is -0.128. The van der Waals surface area contributed by atoms with Gasteiger partial charge in [0.1, 0.15) is 0 Å². The Kier molecular flexibility index (Phi) is 5.36. The van der Waals surface area contributed by atoms with Crippen LogP contribution in [0, 0.1) is 0 Å². The largest absolute Gasteiger partial charge is 0.401 e. The van der Waals surface area contributed by atoms with Crippen LogP contribution in [0.1, 0.15) is 0 Å². The van der Waals surface area contributed by atoms with Crippen molar-refractivity contribution >= 4 is 5.91 Å². The quantitative estimate of drug-likeness (QED) is 0.663. The Bertz CT molecular complexity index is 182. The minimum atomic E-state index is -4.41. The van der Waals surface area contributed by atoms with Gasteiger partial charge in [0, 0.05) is 0 Å². The number of carbonyl (C=O) groups excluding carboxylic acids is 1. The molecule has 0 aromatic carbocycles. The fourth-order valence-corrected chi connectivity index (χ4v) is 0.571. The Morgan fingerprint density at radius 2 is 1.86 bits per heavy atom. The van der Waals surface area contributed by atoms with Gasteiger partial charge in [0.2, 0.25) is 5.91 Å². The van der Waals surface area contributed by atoms with Gasteiger partial charge >= 0.3 is 6.18 Å². The molecule has 0 heterocycles. The minimum absolute atomic E-state index is 0.633. The first-order valence-corrected chi connectivity index (χ1v) is 3.63. The molecule has 0 saturated heterocycles. The molecular weight excluding hydrogens is 211 g/mol. The summed E-state index contributed by atoms with van der Waals surface area (Å²) in [7, 11) is 0. The van der Waals surface area contributed by atoms with Crippen molar-refractivity contribution in [3.63, 3.8) is 0 Å². The normalized spacial score (nSPS) is 11.9. The maximum Gasteiger partial charge on any atom is 0.401 e. The maximum atomic E-state index is 11.5. The van der Waals surface area contributed by atoms with E-state index in [-0.39, 0.29) is 0 Å². The molecule has 0 bridgehead atoms. The van der Waals surface area contributed by atoms with Gasteiger partial charge in [-0.25, -0.2) is 8.78 Å². The number of nitrogens with one attached hydrogen (secondary N) is 2. The van der Waals surface area contributed by atoms with Crippen LogP contribution in [0.15, 0.2) is 0 Å². The third kappa shape index (κ3) is 9.17. The average molecular weight is 220 g/mol. The predicted octanol–water partition coefficient (Wildman–Crippen LogP) is 0.520. The summed E-state index contributed by atoms with van der Waals surface area (Å²) in [6.45, 7) is -2.81. The molecule has 0 aromatic rings. The fraction of sp³-hybridized carbons (Fsp3) is 0.833. The molecule has 0 spiro atoms. The van der Waals surface area contributed by atoms with E-state index in [1.807, 2.05) is 0 Å². The number of halogens is 5. The van der Waals surface area contributed by atoms with Gasteiger partial charge in [-0.05, 0) is 0 Å². The summed E-state index contributed by atoms with van der Waals surface area (Å²) in [6.07, 6.45) is -7.12. The van der Waals surface area contributed by atoms with Crippen molar-refractivity contribution in [3.8, 4) is 0 Å². The summed E-state index contributed by atoms with van der Waals surface area (Å²) in [6, 6.07) is 0. The summed E-state index contributed by atoms with van der Waals surface area (Å²) < 4.78 is 57.5. The lowest BCUT2D eigenvalue weighted by Gasteiger charge is -2.08. The molecule has 0 aromatic heterocycles. The molecule has 2 N–H and O–H groups in total. The molecule has 1 amide bonds. The first-order valence-electron chi connectivity index (χ1n) is 3.63. The standard InChI is InChI=1S/C6H9F5N2O/c7-4(8)1-13-5(14)2-12-3-6(9,10)11/h4,12H,1-3H2,(H,13,14). The lowest BCUT2D eigenvalue weighted by atomic mass is 10.5. The van der Waals surface area contributed by atoms with E-state index in [2.05, 4.69) is 0 Å². The number of rotatable bonds is 5. The van der Waals surface area contributed by atoms with Crippen molar-refractivity contribution in [2.45, 2.75) is 12.6 Å². The van der Waals surface area contributed by atoms with E-state index in [0.29, 0.717) is 0 Å². The smallest absolute Gasteiger partial charge is 0.349 e. The van der Waals surface area contributed by atoms with Gasteiger partial charge in [-0.2, -0.15) is 13.2 Å². The molecule has 0 atom stereocenters. The summed E-state index contributed by atoms with van der Waals surface area (Å²) in [5, 5.41) is 3.52. The van der Waals surface area contributed by atoms with Gasteiger partial charge in [-0.3, -0.25) is 4.79 Å². The molecule has 0 aliphatic carbocycles. The first-order chi connectivity index (χ1) is 6.31. The zero-order valence-corrected chi connectivity index (χ0v) is 7.00. The molecule has 84 valence electrons. The Morgan fingerprint density at radius 1 is 1.29 bits per heavy atom. The third-order valence-corrected chi connectivity index (χ3v) is 1.06. The highest BCUT2D eigenvalue weighted by Gasteiger charge is 2.26. The Balaban J connectivity index is 3.46. The second kappa shape index (κ2) is 5.74. The molecule has 14 heavy (non-hydrogen) atoms. The van der Waals surface area contributed by atoms with E-state index in [1.165, 1.54) is 0 Å². The SMILES string of the molecule is O=C(CNCC(F)(F)F)NCC(F)F. The van der Waals surface area contributed by atoms with Crippen molar-refractivity contribution in [2.75, 3.05) is 19.6 Å². The Labute approximate surface area is 76.7 Å². The molecule has 0 rings (SSSR count). The van der Waals surface area contributed by atoms with E-state index in [0.717, 1.165) is 0 Å². The molecular formula is C6H9F5N2O. The van der Waals surface area contributed by atoms with Crippen LogP contribution in [0.4, 0.5) is 22.0 Å². The third-order valence-electron chi connectivity index (χ3n) is 1.06. The molecule has 8 heteroatoms. The predicted molar refractivity (Wildman–Crippen MR) is 37.9 cm³/mol. The zero-order valence-electron chi connectivity index (χ0n) is 7.00. The zero-order chi connectivity index (χ0) is 11.2. The fourth-order valence-electron chi connectivity index (χ4n) is 0.571. The molecule has 0 aliphatic heterocycles. The van der Waals surface area contributed by atoms with E-state index in [4.69, 9.17) is 0 Å². The van der Waals surface area contributed by atoms with Crippen LogP contribution in [0.2, 0.25) is 0 Å². The molecule has 0 unspecified atom stereocenters. The van der Waals surface area contributed by atoms with Crippen molar-refractivity contribution in [2.24, 2.45) is 0 Å². The van der Waals surface area contributed by atoms with E-state index >= 15 is 0 Å². The van der Waals surface area contributed by atoms with Crippen molar-refractivity contribution in [3.05, 3.63) is 0 Å². The number of carbonyl (C=O) groups is 1. The highest BCUT2D eigenvalue weighted by Crippen LogP contribution is 2.11. The summed E-state index contributed by atoms with van der Waals surface area (Å²) >= 11 is 0. The number of hydrogen-bond donors (Lipinski definition) is 2. The summed E-state index contributed by atoms with van der Waals surface area (Å²) in [4.78, 5) is 10.6. The number of alkyl halides is 5. The average Bonchev–Trinajstić information content (AvgIpc) is 1.98. The minimum Gasteiger partial charge on any atom is -0.349 e. The van der Waals surface area contributed by atoms with Crippen LogP contribution in [0.25, 0.3) is 0 Å². The first kappa shape index (κ1) is 13.1. The topological polar surface area (TPSA) is 41.1 Å². The van der Waals surface area contributed by atoms with Crippen molar-refractivity contribution in [1.82, 2.24) is 10.6 Å². The summed E-state index contributed by atoms with van der Waals surface area (Å²) in [5.41, 5.74) is 0. The van der Waals surface area contributed by atoms with E-state index in [1.54, 1.807) is 10.6 Å². The molecule has 3 nitrogen and oxygen atoms in total. The van der Waals surface area contributed by atoms with Crippen LogP contribution < -0.4 is 10.6 Å². The molecule has 0 radical (unpaired) electrons. The van der Waals surface area contributed by atoms with Crippen molar-refractivity contribution < 1.29 is 26.7 Å². The van der Waals surface area contributed by atoms with Crippen LogP contribution in [0.5, 0.6) is 0 Å². The van der Waals surface area contributed by atoms with Crippen LogP contribution in [-0.4, -0.2) is 38.1 Å². The molecule has 0 fully saturated rings. The van der Waals surface area contributed by atoms with Gasteiger partial charge in [0.25, 0.3) is 6.43 Å². The maximum absolute atomic E-state index is 11.5. The van der Waals surface area contributed by atoms with Gasteiger partial charge < -0.3 is 10.6 Å². The highest BCUT2D eigenvalue weighted by molar-refractivity contribution is 5.77. The number of amides is 1. The lowest BCUT2D eigenvalue weighted by Crippen LogP contribution is -2.39. The summed E-state index contributed by atoms with van der Waals surface area (Å²) in [5.74, 6) is -0.894. The molecule has 0 saturated carbocycles. The van der Waals surface area contributed by atoms with Crippen molar-refractivity contribution in [1.29, 1.82) is 0 Å². The van der Waals surface area contributed by atoms with Gasteiger partial charge in [-0.1, -0.05) is 0 Å². The monoisotopic (exact) mass is 220 g/mol. The second-order valence-corrected chi connectivity index (χ2v) is 2.41. The van der Waals surface area contributed by atoms with Gasteiger partial charge in [0.15, 0.2) is 0 Å². The van der Waals surface area contributed by atoms with Crippen LogP contribution >= 0.6 is 0 Å². The molecule has 0 aliphatic rings. The number of hydrogen-bond acceptors (Lipinski definition) is 2. The van der Waals surface area contributed by atoms with Gasteiger partial charge in [-0.15, -0.1) is 0 Å². The van der Waals surface area contributed by atoms with E-state index < -0.39 is 38.1 Å². The van der Waals surface area contributed by atoms with E-state index in [9.17, 15) is 26.7 Å². The van der Waals surface area contributed by atoms with Crippen LogP contribution in [0.3, 0.4) is 0 Å². The van der Waals surface area contributed by atoms with Crippen LogP contribution in [-0.2, 0) is 4.79 Å². The Hall–Kier alpha value is -0.920. The van der Waals surface area contributed by atoms with Gasteiger partial charge in [0.05, 0.1) is 19.6 Å². The highest BCUT2D eigenvalue weighted by atomic mass is 19.4. The Morgan fingerprint density at radius 3 is 2.29 bits per heavy atom. The second-order valence-electron chi connectivity index (χ2n) is 2.41.